The Kier molecular flexibility index (Phi) is 6.08. The zero-order valence-corrected chi connectivity index (χ0v) is 17.9. The van der Waals surface area contributed by atoms with E-state index in [0.717, 1.165) is 22.0 Å². The Balaban J connectivity index is 1.68. The lowest BCUT2D eigenvalue weighted by Crippen LogP contribution is -2.13. The molecule has 0 aliphatic rings. The van der Waals surface area contributed by atoms with E-state index in [-0.39, 0.29) is 5.57 Å². The lowest BCUT2D eigenvalue weighted by molar-refractivity contribution is -0.112. The van der Waals surface area contributed by atoms with E-state index in [1.807, 2.05) is 54.7 Å². The van der Waals surface area contributed by atoms with E-state index in [0.29, 0.717) is 22.3 Å². The maximum Gasteiger partial charge on any atom is 0.266 e. The van der Waals surface area contributed by atoms with Crippen LogP contribution in [0.2, 0.25) is 10.0 Å². The molecule has 0 fully saturated rings. The van der Waals surface area contributed by atoms with E-state index in [9.17, 15) is 10.1 Å². The van der Waals surface area contributed by atoms with E-state index in [2.05, 4.69) is 22.0 Å². The Morgan fingerprint density at radius 2 is 1.68 bits per heavy atom. The van der Waals surface area contributed by atoms with Crippen molar-refractivity contribution in [2.45, 2.75) is 6.54 Å². The van der Waals surface area contributed by atoms with Crippen molar-refractivity contribution in [3.8, 4) is 6.07 Å². The molecule has 4 rings (SSSR count). The largest absolute Gasteiger partial charge is 0.342 e. The van der Waals surface area contributed by atoms with Gasteiger partial charge in [-0.15, -0.1) is 0 Å². The molecule has 1 N–H and O–H groups in total. The molecule has 0 saturated heterocycles. The van der Waals surface area contributed by atoms with Crippen molar-refractivity contribution >= 4 is 51.8 Å². The van der Waals surface area contributed by atoms with Crippen LogP contribution in [-0.4, -0.2) is 10.5 Å². The summed E-state index contributed by atoms with van der Waals surface area (Å²) in [5.74, 6) is -0.527. The van der Waals surface area contributed by atoms with Gasteiger partial charge in [0.25, 0.3) is 5.91 Å². The summed E-state index contributed by atoms with van der Waals surface area (Å²) >= 11 is 12.0. The zero-order valence-electron chi connectivity index (χ0n) is 16.3. The Labute approximate surface area is 189 Å². The van der Waals surface area contributed by atoms with Gasteiger partial charge in [0, 0.05) is 44.9 Å². The summed E-state index contributed by atoms with van der Waals surface area (Å²) in [6, 6.07) is 24.7. The predicted molar refractivity (Wildman–Crippen MR) is 126 cm³/mol. The molecule has 0 atom stereocenters. The second-order valence-electron chi connectivity index (χ2n) is 7.00. The molecule has 1 heterocycles. The summed E-state index contributed by atoms with van der Waals surface area (Å²) in [4.78, 5) is 12.7. The van der Waals surface area contributed by atoms with Gasteiger partial charge in [0.05, 0.1) is 0 Å². The van der Waals surface area contributed by atoms with Crippen LogP contribution in [0.15, 0.2) is 84.6 Å². The highest BCUT2D eigenvalue weighted by Crippen LogP contribution is 2.26. The Hall–Kier alpha value is -3.52. The first kappa shape index (κ1) is 20.7. The molecule has 0 radical (unpaired) electrons. The van der Waals surface area contributed by atoms with Crippen molar-refractivity contribution in [2.24, 2.45) is 0 Å². The summed E-state index contributed by atoms with van der Waals surface area (Å²) in [7, 11) is 0. The van der Waals surface area contributed by atoms with Crippen LogP contribution in [0.4, 0.5) is 5.69 Å². The summed E-state index contributed by atoms with van der Waals surface area (Å²) in [6.07, 6.45) is 3.56. The Morgan fingerprint density at radius 1 is 1.00 bits per heavy atom. The summed E-state index contributed by atoms with van der Waals surface area (Å²) < 4.78 is 2.11. The number of fused-ring (bicyclic) bond motifs is 1. The maximum absolute atomic E-state index is 12.7. The normalized spacial score (nSPS) is 11.3. The quantitative estimate of drug-likeness (QED) is 0.280. The van der Waals surface area contributed by atoms with Crippen LogP contribution < -0.4 is 5.32 Å². The van der Waals surface area contributed by atoms with E-state index >= 15 is 0 Å². The third kappa shape index (κ3) is 4.80. The molecule has 152 valence electrons. The van der Waals surface area contributed by atoms with Crippen molar-refractivity contribution in [3.63, 3.8) is 0 Å². The van der Waals surface area contributed by atoms with Gasteiger partial charge in [0.1, 0.15) is 11.6 Å². The van der Waals surface area contributed by atoms with Crippen LogP contribution in [-0.2, 0) is 11.3 Å². The molecule has 0 bridgehead atoms. The number of hydrogen-bond acceptors (Lipinski definition) is 2. The van der Waals surface area contributed by atoms with Crippen LogP contribution in [0.3, 0.4) is 0 Å². The third-order valence-corrected chi connectivity index (χ3v) is 5.24. The van der Waals surface area contributed by atoms with Crippen LogP contribution in [0.1, 0.15) is 11.1 Å². The molecular formula is C25H17Cl2N3O. The smallest absolute Gasteiger partial charge is 0.266 e. The highest BCUT2D eigenvalue weighted by atomic mass is 35.5. The van der Waals surface area contributed by atoms with Crippen LogP contribution >= 0.6 is 23.2 Å². The van der Waals surface area contributed by atoms with Crippen molar-refractivity contribution in [3.05, 3.63) is 106 Å². The van der Waals surface area contributed by atoms with Gasteiger partial charge in [0.2, 0.25) is 0 Å². The lowest BCUT2D eigenvalue weighted by atomic mass is 10.1. The number of nitriles is 1. The second kappa shape index (κ2) is 9.09. The SMILES string of the molecule is N#CC(=Cc1cn(Cc2ccccc2)c2ccccc12)C(=O)Nc1cc(Cl)cc(Cl)c1. The molecule has 31 heavy (non-hydrogen) atoms. The highest BCUT2D eigenvalue weighted by molar-refractivity contribution is 6.35. The van der Waals surface area contributed by atoms with Crippen molar-refractivity contribution in [1.82, 2.24) is 4.57 Å². The Bertz CT molecular complexity index is 1310. The summed E-state index contributed by atoms with van der Waals surface area (Å²) in [5, 5.41) is 14.1. The number of hydrogen-bond donors (Lipinski definition) is 1. The molecule has 0 aliphatic heterocycles. The molecule has 0 unspecified atom stereocenters. The fraction of sp³-hybridized carbons (Fsp3) is 0.0400. The molecule has 0 spiro atoms. The van der Waals surface area contributed by atoms with E-state index in [1.54, 1.807) is 24.3 Å². The first-order chi connectivity index (χ1) is 15.0. The first-order valence-corrected chi connectivity index (χ1v) is 10.3. The zero-order chi connectivity index (χ0) is 21.8. The summed E-state index contributed by atoms with van der Waals surface area (Å²) in [6.45, 7) is 0.685. The number of aromatic nitrogens is 1. The number of carbonyl (C=O) groups excluding carboxylic acids is 1. The fourth-order valence-electron chi connectivity index (χ4n) is 3.43. The number of para-hydroxylation sites is 1. The third-order valence-electron chi connectivity index (χ3n) is 4.80. The molecule has 4 aromatic rings. The van der Waals surface area contributed by atoms with Crippen molar-refractivity contribution < 1.29 is 4.79 Å². The molecule has 6 heteroatoms. The topological polar surface area (TPSA) is 57.8 Å². The van der Waals surface area contributed by atoms with Gasteiger partial charge in [0.15, 0.2) is 0 Å². The minimum atomic E-state index is -0.527. The molecule has 0 aliphatic carbocycles. The van der Waals surface area contributed by atoms with Crippen LogP contribution in [0.5, 0.6) is 0 Å². The maximum atomic E-state index is 12.7. The van der Waals surface area contributed by atoms with E-state index in [1.165, 1.54) is 0 Å². The molecule has 1 amide bonds. The number of nitrogens with zero attached hydrogens (tertiary/aromatic N) is 2. The number of amides is 1. The van der Waals surface area contributed by atoms with E-state index < -0.39 is 5.91 Å². The number of benzene rings is 3. The minimum Gasteiger partial charge on any atom is -0.342 e. The fourth-order valence-corrected chi connectivity index (χ4v) is 3.96. The molecule has 4 nitrogen and oxygen atoms in total. The number of rotatable bonds is 5. The standard InChI is InChI=1S/C25H17Cl2N3O/c26-20-11-21(27)13-22(12-20)29-25(31)18(14-28)10-19-16-30(15-17-6-2-1-3-7-17)24-9-5-4-8-23(19)24/h1-13,16H,15H2,(H,29,31). The minimum absolute atomic E-state index is 0.0151. The average Bonchev–Trinajstić information content (AvgIpc) is 3.09. The van der Waals surface area contributed by atoms with E-state index in [4.69, 9.17) is 23.2 Å². The van der Waals surface area contributed by atoms with Gasteiger partial charge in [-0.2, -0.15) is 5.26 Å². The predicted octanol–water partition coefficient (Wildman–Crippen LogP) is 6.54. The number of nitrogens with one attached hydrogen (secondary N) is 1. The van der Waals surface area contributed by atoms with Gasteiger partial charge in [-0.25, -0.2) is 0 Å². The van der Waals surface area contributed by atoms with Crippen molar-refractivity contribution in [2.75, 3.05) is 5.32 Å². The van der Waals surface area contributed by atoms with Gasteiger partial charge < -0.3 is 9.88 Å². The second-order valence-corrected chi connectivity index (χ2v) is 7.87. The number of halogens is 2. The van der Waals surface area contributed by atoms with Gasteiger partial charge in [-0.05, 0) is 35.9 Å². The average molecular weight is 446 g/mol. The molecule has 3 aromatic carbocycles. The summed E-state index contributed by atoms with van der Waals surface area (Å²) in [5.41, 5.74) is 3.39. The first-order valence-electron chi connectivity index (χ1n) is 9.54. The number of anilines is 1. The molecule has 0 saturated carbocycles. The van der Waals surface area contributed by atoms with Gasteiger partial charge >= 0.3 is 0 Å². The van der Waals surface area contributed by atoms with Crippen molar-refractivity contribution in [1.29, 1.82) is 5.26 Å². The lowest BCUT2D eigenvalue weighted by Gasteiger charge is -2.05. The monoisotopic (exact) mass is 445 g/mol. The van der Waals surface area contributed by atoms with Gasteiger partial charge in [-0.3, -0.25) is 4.79 Å². The highest BCUT2D eigenvalue weighted by Gasteiger charge is 2.13. The molecule has 1 aromatic heterocycles. The Morgan fingerprint density at radius 3 is 2.39 bits per heavy atom. The van der Waals surface area contributed by atoms with Crippen LogP contribution in [0, 0.1) is 11.3 Å². The van der Waals surface area contributed by atoms with Crippen LogP contribution in [0.25, 0.3) is 17.0 Å². The van der Waals surface area contributed by atoms with Gasteiger partial charge in [-0.1, -0.05) is 71.7 Å². The number of carbonyl (C=O) groups is 1. The molecular weight excluding hydrogens is 429 g/mol.